The van der Waals surface area contributed by atoms with E-state index in [2.05, 4.69) is 16.0 Å². The first-order valence-electron chi connectivity index (χ1n) is 6.23. The first-order valence-corrected chi connectivity index (χ1v) is 6.23. The maximum absolute atomic E-state index is 12.7. The summed E-state index contributed by atoms with van der Waals surface area (Å²) in [5.74, 6) is -0.113. The largest absolute Gasteiger partial charge is 0.467 e. The van der Waals surface area contributed by atoms with Gasteiger partial charge >= 0.3 is 6.03 Å². The number of amides is 3. The smallest absolute Gasteiger partial charge is 0.319 e. The summed E-state index contributed by atoms with van der Waals surface area (Å²) in [6.45, 7) is 0.0842. The summed E-state index contributed by atoms with van der Waals surface area (Å²) in [7, 11) is 0. The highest BCUT2D eigenvalue weighted by Gasteiger charge is 2.06. The van der Waals surface area contributed by atoms with Crippen LogP contribution in [-0.4, -0.2) is 18.5 Å². The molecule has 110 valence electrons. The minimum absolute atomic E-state index is 0.173. The van der Waals surface area contributed by atoms with E-state index in [1.807, 2.05) is 0 Å². The number of rotatable bonds is 5. The summed E-state index contributed by atoms with van der Waals surface area (Å²) in [6, 6.07) is 8.20. The molecule has 0 radical (unpaired) electrons. The molecule has 0 aliphatic carbocycles. The predicted octanol–water partition coefficient (Wildman–Crippen LogP) is 1.86. The van der Waals surface area contributed by atoms with E-state index in [9.17, 15) is 14.0 Å². The molecule has 7 heteroatoms. The van der Waals surface area contributed by atoms with Crippen molar-refractivity contribution in [1.29, 1.82) is 0 Å². The molecule has 1 aromatic carbocycles. The quantitative estimate of drug-likeness (QED) is 0.786. The number of carbonyl (C=O) groups excluding carboxylic acids is 2. The Morgan fingerprint density at radius 2 is 1.86 bits per heavy atom. The fourth-order valence-corrected chi connectivity index (χ4v) is 1.53. The van der Waals surface area contributed by atoms with Crippen molar-refractivity contribution in [3.05, 3.63) is 54.2 Å². The van der Waals surface area contributed by atoms with Gasteiger partial charge in [-0.05, 0) is 36.4 Å². The molecule has 0 saturated carbocycles. The van der Waals surface area contributed by atoms with Gasteiger partial charge in [0.15, 0.2) is 0 Å². The van der Waals surface area contributed by atoms with Crippen LogP contribution in [0.4, 0.5) is 14.9 Å². The van der Waals surface area contributed by atoms with Crippen molar-refractivity contribution in [2.75, 3.05) is 11.9 Å². The number of urea groups is 1. The van der Waals surface area contributed by atoms with Gasteiger partial charge in [-0.2, -0.15) is 0 Å². The number of benzene rings is 1. The van der Waals surface area contributed by atoms with Crippen LogP contribution in [0.25, 0.3) is 0 Å². The molecule has 0 saturated heterocycles. The second-order valence-corrected chi connectivity index (χ2v) is 4.17. The highest BCUT2D eigenvalue weighted by atomic mass is 19.1. The monoisotopic (exact) mass is 291 g/mol. The van der Waals surface area contributed by atoms with Crippen molar-refractivity contribution in [2.45, 2.75) is 6.54 Å². The first kappa shape index (κ1) is 14.6. The summed E-state index contributed by atoms with van der Waals surface area (Å²) in [6.07, 6.45) is 1.51. The Labute approximate surface area is 120 Å². The van der Waals surface area contributed by atoms with Gasteiger partial charge in [-0.3, -0.25) is 4.79 Å². The third kappa shape index (κ3) is 4.98. The van der Waals surface area contributed by atoms with Gasteiger partial charge in [-0.25, -0.2) is 9.18 Å². The van der Waals surface area contributed by atoms with E-state index in [4.69, 9.17) is 4.42 Å². The normalized spacial score (nSPS) is 9.95. The Balaban J connectivity index is 1.68. The summed E-state index contributed by atoms with van der Waals surface area (Å²) in [5.41, 5.74) is 0.435. The molecular weight excluding hydrogens is 277 g/mol. The topological polar surface area (TPSA) is 83.4 Å². The average molecular weight is 291 g/mol. The van der Waals surface area contributed by atoms with Crippen LogP contribution >= 0.6 is 0 Å². The van der Waals surface area contributed by atoms with E-state index in [0.717, 1.165) is 0 Å². The molecule has 0 aliphatic heterocycles. The Bertz CT molecular complexity index is 596. The Kier molecular flexibility index (Phi) is 4.92. The van der Waals surface area contributed by atoms with Crippen molar-refractivity contribution >= 4 is 17.6 Å². The maximum Gasteiger partial charge on any atom is 0.319 e. The average Bonchev–Trinajstić information content (AvgIpc) is 2.99. The zero-order valence-corrected chi connectivity index (χ0v) is 11.1. The van der Waals surface area contributed by atoms with Crippen LogP contribution < -0.4 is 16.0 Å². The molecule has 0 atom stereocenters. The van der Waals surface area contributed by atoms with E-state index in [1.165, 1.54) is 30.5 Å². The van der Waals surface area contributed by atoms with Gasteiger partial charge in [0.1, 0.15) is 11.6 Å². The molecule has 1 aromatic heterocycles. The maximum atomic E-state index is 12.7. The van der Waals surface area contributed by atoms with E-state index in [-0.39, 0.29) is 19.0 Å². The standard InChI is InChI=1S/C14H14FN3O3/c15-10-3-5-11(6-4-10)18-14(20)17-9-13(19)16-8-12-2-1-7-21-12/h1-7H,8-9H2,(H,16,19)(H2,17,18,20). The zero-order valence-electron chi connectivity index (χ0n) is 11.1. The van der Waals surface area contributed by atoms with Crippen LogP contribution in [0, 0.1) is 5.82 Å². The fourth-order valence-electron chi connectivity index (χ4n) is 1.53. The molecule has 2 aromatic rings. The lowest BCUT2D eigenvalue weighted by molar-refractivity contribution is -0.120. The molecule has 0 spiro atoms. The molecule has 21 heavy (non-hydrogen) atoms. The second kappa shape index (κ2) is 7.09. The third-order valence-electron chi connectivity index (χ3n) is 2.55. The lowest BCUT2D eigenvalue weighted by Crippen LogP contribution is -2.38. The molecular formula is C14H14FN3O3. The van der Waals surface area contributed by atoms with Crippen LogP contribution in [0.1, 0.15) is 5.76 Å². The number of nitrogens with one attached hydrogen (secondary N) is 3. The second-order valence-electron chi connectivity index (χ2n) is 4.17. The summed E-state index contributed by atoms with van der Waals surface area (Å²) in [4.78, 5) is 23.0. The number of halogens is 1. The van der Waals surface area contributed by atoms with Crippen molar-refractivity contribution in [1.82, 2.24) is 10.6 Å². The number of carbonyl (C=O) groups is 2. The van der Waals surface area contributed by atoms with Crippen molar-refractivity contribution in [3.8, 4) is 0 Å². The molecule has 3 amide bonds. The van der Waals surface area contributed by atoms with Crippen LogP contribution in [-0.2, 0) is 11.3 Å². The molecule has 1 heterocycles. The highest BCUT2D eigenvalue weighted by molar-refractivity contribution is 5.92. The third-order valence-corrected chi connectivity index (χ3v) is 2.55. The molecule has 0 bridgehead atoms. The molecule has 6 nitrogen and oxygen atoms in total. The van der Waals surface area contributed by atoms with Gasteiger partial charge in [0.05, 0.1) is 19.4 Å². The summed E-state index contributed by atoms with van der Waals surface area (Å²) < 4.78 is 17.7. The summed E-state index contributed by atoms with van der Waals surface area (Å²) in [5, 5.41) is 7.46. The highest BCUT2D eigenvalue weighted by Crippen LogP contribution is 2.07. The molecule has 3 N–H and O–H groups in total. The van der Waals surface area contributed by atoms with E-state index in [1.54, 1.807) is 12.1 Å². The van der Waals surface area contributed by atoms with Crippen LogP contribution in [0.15, 0.2) is 47.1 Å². The molecule has 0 unspecified atom stereocenters. The first-order chi connectivity index (χ1) is 10.1. The van der Waals surface area contributed by atoms with E-state index in [0.29, 0.717) is 11.4 Å². The van der Waals surface area contributed by atoms with Gasteiger partial charge in [0.25, 0.3) is 0 Å². The van der Waals surface area contributed by atoms with Crippen LogP contribution in [0.2, 0.25) is 0 Å². The Morgan fingerprint density at radius 1 is 1.10 bits per heavy atom. The van der Waals surface area contributed by atoms with Crippen LogP contribution in [0.3, 0.4) is 0 Å². The lowest BCUT2D eigenvalue weighted by atomic mass is 10.3. The van der Waals surface area contributed by atoms with Crippen molar-refractivity contribution in [3.63, 3.8) is 0 Å². The van der Waals surface area contributed by atoms with Gasteiger partial charge < -0.3 is 20.4 Å². The van der Waals surface area contributed by atoms with Gasteiger partial charge in [-0.1, -0.05) is 0 Å². The lowest BCUT2D eigenvalue weighted by Gasteiger charge is -2.07. The molecule has 0 aliphatic rings. The van der Waals surface area contributed by atoms with Gasteiger partial charge in [0.2, 0.25) is 5.91 Å². The predicted molar refractivity (Wildman–Crippen MR) is 74.0 cm³/mol. The van der Waals surface area contributed by atoms with E-state index < -0.39 is 11.8 Å². The van der Waals surface area contributed by atoms with Gasteiger partial charge in [0, 0.05) is 5.69 Å². The number of anilines is 1. The number of furan rings is 1. The van der Waals surface area contributed by atoms with Crippen LogP contribution in [0.5, 0.6) is 0 Å². The Morgan fingerprint density at radius 3 is 2.52 bits per heavy atom. The van der Waals surface area contributed by atoms with E-state index >= 15 is 0 Å². The summed E-state index contributed by atoms with van der Waals surface area (Å²) >= 11 is 0. The zero-order chi connectivity index (χ0) is 15.1. The Hall–Kier alpha value is -2.83. The van der Waals surface area contributed by atoms with Crippen molar-refractivity contribution in [2.24, 2.45) is 0 Å². The van der Waals surface area contributed by atoms with Crippen molar-refractivity contribution < 1.29 is 18.4 Å². The SMILES string of the molecule is O=C(CNC(=O)Nc1ccc(F)cc1)NCc1ccco1. The number of hydrogen-bond acceptors (Lipinski definition) is 3. The number of hydrogen-bond donors (Lipinski definition) is 3. The molecule has 0 fully saturated rings. The molecule has 2 rings (SSSR count). The van der Waals surface area contributed by atoms with Gasteiger partial charge in [-0.15, -0.1) is 0 Å². The fraction of sp³-hybridized carbons (Fsp3) is 0.143. The minimum atomic E-state index is -0.547. The minimum Gasteiger partial charge on any atom is -0.467 e.